The quantitative estimate of drug-likeness (QED) is 0.659. The van der Waals surface area contributed by atoms with Crippen LogP contribution in [0, 0.1) is 0 Å². The molecule has 1 aromatic heterocycles. The third-order valence-electron chi connectivity index (χ3n) is 4.20. The highest BCUT2D eigenvalue weighted by molar-refractivity contribution is 6.29. The first-order chi connectivity index (χ1) is 10.7. The van der Waals surface area contributed by atoms with Gasteiger partial charge in [-0.15, -0.1) is 11.6 Å². The molecule has 3 nitrogen and oxygen atoms in total. The molecule has 1 aliphatic heterocycles. The van der Waals surface area contributed by atoms with E-state index in [0.717, 1.165) is 31.6 Å². The van der Waals surface area contributed by atoms with Crippen LogP contribution in [0.2, 0.25) is 5.15 Å². The number of aromatic nitrogens is 1. The second kappa shape index (κ2) is 6.86. The van der Waals surface area contributed by atoms with Gasteiger partial charge in [-0.3, -0.25) is 5.32 Å². The van der Waals surface area contributed by atoms with Gasteiger partial charge in [-0.1, -0.05) is 41.9 Å². The Bertz CT molecular complexity index is 603. The SMILES string of the molecule is ClC[C@]1(NCc2ccccc2)CCCN1c1ccc(Cl)nc1. The minimum atomic E-state index is -0.229. The second-order valence-corrected chi connectivity index (χ2v) is 6.25. The van der Waals surface area contributed by atoms with Gasteiger partial charge in [0.05, 0.1) is 17.8 Å². The summed E-state index contributed by atoms with van der Waals surface area (Å²) in [5.74, 6) is 0.530. The highest BCUT2D eigenvalue weighted by atomic mass is 35.5. The number of hydrogen-bond acceptors (Lipinski definition) is 3. The molecule has 0 saturated carbocycles. The van der Waals surface area contributed by atoms with Gasteiger partial charge in [-0.05, 0) is 30.5 Å². The van der Waals surface area contributed by atoms with Crippen LogP contribution in [0.4, 0.5) is 5.69 Å². The molecule has 0 unspecified atom stereocenters. The van der Waals surface area contributed by atoms with Crippen LogP contribution in [0.5, 0.6) is 0 Å². The van der Waals surface area contributed by atoms with E-state index in [1.165, 1.54) is 5.56 Å². The van der Waals surface area contributed by atoms with Crippen molar-refractivity contribution in [3.05, 3.63) is 59.4 Å². The first kappa shape index (κ1) is 15.6. The van der Waals surface area contributed by atoms with E-state index in [1.54, 1.807) is 0 Å². The highest BCUT2D eigenvalue weighted by Crippen LogP contribution is 2.33. The van der Waals surface area contributed by atoms with Crippen LogP contribution in [-0.4, -0.2) is 23.1 Å². The molecule has 1 atom stereocenters. The summed E-state index contributed by atoms with van der Waals surface area (Å²) >= 11 is 12.2. The molecule has 1 fully saturated rings. The molecule has 1 aromatic carbocycles. The van der Waals surface area contributed by atoms with Crippen molar-refractivity contribution < 1.29 is 0 Å². The first-order valence-corrected chi connectivity index (χ1v) is 8.39. The van der Waals surface area contributed by atoms with E-state index in [9.17, 15) is 0 Å². The number of pyridine rings is 1. The molecular weight excluding hydrogens is 317 g/mol. The van der Waals surface area contributed by atoms with Crippen LogP contribution in [-0.2, 0) is 6.54 Å². The molecule has 1 aliphatic rings. The standard InChI is InChI=1S/C17H19Cl2N3/c18-13-17(21-11-14-5-2-1-3-6-14)9-4-10-22(17)15-7-8-16(19)20-12-15/h1-3,5-8,12,21H,4,9-11,13H2/t17-/m0/s1. The van der Waals surface area contributed by atoms with Gasteiger partial charge in [0.2, 0.25) is 0 Å². The molecule has 0 aliphatic carbocycles. The van der Waals surface area contributed by atoms with Gasteiger partial charge < -0.3 is 4.90 Å². The molecule has 116 valence electrons. The molecular formula is C17H19Cl2N3. The average molecular weight is 336 g/mol. The molecule has 22 heavy (non-hydrogen) atoms. The Labute approximate surface area is 141 Å². The minimum Gasteiger partial charge on any atom is -0.351 e. The maximum atomic E-state index is 6.36. The molecule has 2 heterocycles. The van der Waals surface area contributed by atoms with E-state index in [0.29, 0.717) is 11.0 Å². The van der Waals surface area contributed by atoms with Gasteiger partial charge in [0.1, 0.15) is 10.8 Å². The predicted molar refractivity (Wildman–Crippen MR) is 92.6 cm³/mol. The van der Waals surface area contributed by atoms with E-state index in [1.807, 2.05) is 24.4 Å². The lowest BCUT2D eigenvalue weighted by atomic mass is 10.1. The maximum Gasteiger partial charge on any atom is 0.129 e. The van der Waals surface area contributed by atoms with Crippen molar-refractivity contribution >= 4 is 28.9 Å². The minimum absolute atomic E-state index is 0.229. The molecule has 0 radical (unpaired) electrons. The van der Waals surface area contributed by atoms with Crippen molar-refractivity contribution in [2.24, 2.45) is 0 Å². The maximum absolute atomic E-state index is 6.36. The Morgan fingerprint density at radius 1 is 1.18 bits per heavy atom. The number of rotatable bonds is 5. The largest absolute Gasteiger partial charge is 0.351 e. The first-order valence-electron chi connectivity index (χ1n) is 7.48. The lowest BCUT2D eigenvalue weighted by molar-refractivity contribution is 0.370. The summed E-state index contributed by atoms with van der Waals surface area (Å²) in [7, 11) is 0. The Balaban J connectivity index is 1.79. The van der Waals surface area contributed by atoms with Crippen LogP contribution in [0.25, 0.3) is 0 Å². The lowest BCUT2D eigenvalue weighted by Gasteiger charge is -2.39. The van der Waals surface area contributed by atoms with Crippen LogP contribution < -0.4 is 10.2 Å². The van der Waals surface area contributed by atoms with Gasteiger partial charge in [0, 0.05) is 13.1 Å². The van der Waals surface area contributed by atoms with E-state index in [-0.39, 0.29) is 5.66 Å². The van der Waals surface area contributed by atoms with E-state index in [2.05, 4.69) is 39.5 Å². The highest BCUT2D eigenvalue weighted by Gasteiger charge is 2.40. The summed E-state index contributed by atoms with van der Waals surface area (Å²) in [5, 5.41) is 4.17. The molecule has 3 rings (SSSR count). The number of anilines is 1. The fourth-order valence-electron chi connectivity index (χ4n) is 3.01. The number of hydrogen-bond donors (Lipinski definition) is 1. The van der Waals surface area contributed by atoms with Crippen molar-refractivity contribution in [2.45, 2.75) is 25.0 Å². The summed E-state index contributed by atoms with van der Waals surface area (Å²) in [6.07, 6.45) is 3.95. The molecule has 0 amide bonds. The van der Waals surface area contributed by atoms with Gasteiger partial charge in [-0.2, -0.15) is 0 Å². The average Bonchev–Trinajstić information content (AvgIpc) is 2.99. The number of alkyl halides is 1. The normalized spacial score (nSPS) is 21.3. The molecule has 1 saturated heterocycles. The molecule has 0 spiro atoms. The van der Waals surface area contributed by atoms with Crippen molar-refractivity contribution in [3.8, 4) is 0 Å². The van der Waals surface area contributed by atoms with Crippen LogP contribution >= 0.6 is 23.2 Å². The number of halogens is 2. The Morgan fingerprint density at radius 2 is 2.00 bits per heavy atom. The lowest BCUT2D eigenvalue weighted by Crippen LogP contribution is -2.56. The zero-order valence-electron chi connectivity index (χ0n) is 12.3. The molecule has 2 aromatic rings. The second-order valence-electron chi connectivity index (χ2n) is 5.60. The zero-order chi connectivity index (χ0) is 15.4. The zero-order valence-corrected chi connectivity index (χ0v) is 13.8. The van der Waals surface area contributed by atoms with Crippen molar-refractivity contribution in [1.29, 1.82) is 0 Å². The van der Waals surface area contributed by atoms with E-state index < -0.39 is 0 Å². The third-order valence-corrected chi connectivity index (χ3v) is 4.86. The van der Waals surface area contributed by atoms with Gasteiger partial charge >= 0.3 is 0 Å². The monoisotopic (exact) mass is 335 g/mol. The fraction of sp³-hybridized carbons (Fsp3) is 0.353. The smallest absolute Gasteiger partial charge is 0.129 e. The van der Waals surface area contributed by atoms with Gasteiger partial charge in [0.25, 0.3) is 0 Å². The predicted octanol–water partition coefficient (Wildman–Crippen LogP) is 4.06. The van der Waals surface area contributed by atoms with Crippen LogP contribution in [0.3, 0.4) is 0 Å². The molecule has 0 bridgehead atoms. The van der Waals surface area contributed by atoms with E-state index in [4.69, 9.17) is 23.2 Å². The molecule has 5 heteroatoms. The Kier molecular flexibility index (Phi) is 4.87. The fourth-order valence-corrected chi connectivity index (χ4v) is 3.50. The topological polar surface area (TPSA) is 28.2 Å². The molecule has 1 N–H and O–H groups in total. The summed E-state index contributed by atoms with van der Waals surface area (Å²) in [5.41, 5.74) is 2.09. The number of benzene rings is 1. The number of nitrogens with one attached hydrogen (secondary N) is 1. The Hall–Kier alpha value is -1.29. The van der Waals surface area contributed by atoms with Crippen molar-refractivity contribution in [3.63, 3.8) is 0 Å². The van der Waals surface area contributed by atoms with Gasteiger partial charge in [-0.25, -0.2) is 4.98 Å². The summed E-state index contributed by atoms with van der Waals surface area (Å²) in [6.45, 7) is 1.77. The number of nitrogens with zero attached hydrogens (tertiary/aromatic N) is 2. The summed E-state index contributed by atoms with van der Waals surface area (Å²) in [4.78, 5) is 6.51. The van der Waals surface area contributed by atoms with Crippen molar-refractivity contribution in [1.82, 2.24) is 10.3 Å². The van der Waals surface area contributed by atoms with Gasteiger partial charge in [0.15, 0.2) is 0 Å². The van der Waals surface area contributed by atoms with Crippen molar-refractivity contribution in [2.75, 3.05) is 17.3 Å². The van der Waals surface area contributed by atoms with Crippen LogP contribution in [0.15, 0.2) is 48.7 Å². The van der Waals surface area contributed by atoms with Crippen LogP contribution in [0.1, 0.15) is 18.4 Å². The van der Waals surface area contributed by atoms with E-state index >= 15 is 0 Å². The third kappa shape index (κ3) is 3.22. The summed E-state index contributed by atoms with van der Waals surface area (Å²) in [6, 6.07) is 14.2. The summed E-state index contributed by atoms with van der Waals surface area (Å²) < 4.78 is 0. The Morgan fingerprint density at radius 3 is 2.68 bits per heavy atom.